The normalized spacial score (nSPS) is 21.0. The van der Waals surface area contributed by atoms with E-state index < -0.39 is 11.5 Å². The fourth-order valence-electron chi connectivity index (χ4n) is 3.67. The van der Waals surface area contributed by atoms with Crippen LogP contribution < -0.4 is 15.2 Å². The summed E-state index contributed by atoms with van der Waals surface area (Å²) >= 11 is -1.57. The number of likely N-dealkylation sites (tertiary alicyclic amines) is 1. The molecule has 2 aliphatic heterocycles. The SMILES string of the molecule is NC1=N[S+]([O-])Nc2cccc(OCC3CCCN(C(=O)Cc4ccncc4)C3)c21. The number of carbonyl (C=O) groups excluding carboxylic acids is 1. The molecule has 4 rings (SSSR count). The van der Waals surface area contributed by atoms with Gasteiger partial charge in [-0.05, 0) is 47.1 Å². The number of piperidine rings is 1. The van der Waals surface area contributed by atoms with Crippen LogP contribution in [0.1, 0.15) is 24.0 Å². The van der Waals surface area contributed by atoms with E-state index in [1.165, 1.54) is 0 Å². The number of amidine groups is 1. The van der Waals surface area contributed by atoms with Crippen LogP contribution in [0.5, 0.6) is 5.75 Å². The predicted molar refractivity (Wildman–Crippen MR) is 112 cm³/mol. The van der Waals surface area contributed by atoms with Gasteiger partial charge in [-0.3, -0.25) is 9.78 Å². The van der Waals surface area contributed by atoms with E-state index in [0.717, 1.165) is 24.9 Å². The van der Waals surface area contributed by atoms with Gasteiger partial charge in [-0.2, -0.15) is 4.72 Å². The lowest BCUT2D eigenvalue weighted by molar-refractivity contribution is -0.132. The van der Waals surface area contributed by atoms with Crippen LogP contribution in [0, 0.1) is 5.92 Å². The number of anilines is 1. The zero-order valence-corrected chi connectivity index (χ0v) is 16.7. The maximum absolute atomic E-state index is 12.6. The van der Waals surface area contributed by atoms with Gasteiger partial charge in [0, 0.05) is 31.4 Å². The Morgan fingerprint density at radius 3 is 3.00 bits per heavy atom. The number of amides is 1. The number of nitrogens with one attached hydrogen (secondary N) is 1. The lowest BCUT2D eigenvalue weighted by Crippen LogP contribution is -2.42. The highest BCUT2D eigenvalue weighted by atomic mass is 32.2. The molecule has 8 nitrogen and oxygen atoms in total. The van der Waals surface area contributed by atoms with Gasteiger partial charge in [-0.1, -0.05) is 6.07 Å². The number of pyridine rings is 1. The minimum atomic E-state index is -1.57. The summed E-state index contributed by atoms with van der Waals surface area (Å²) in [5, 5.41) is 0. The number of aromatic nitrogens is 1. The molecule has 0 aliphatic carbocycles. The third-order valence-electron chi connectivity index (χ3n) is 5.11. The summed E-state index contributed by atoms with van der Waals surface area (Å²) < 4.78 is 24.3. The van der Waals surface area contributed by atoms with Crippen LogP contribution in [0.15, 0.2) is 47.1 Å². The standard InChI is InChI=1S/C20H23N5O3S/c21-20-19-16(23-29(27)24-20)4-1-5-17(19)28-13-15-3-2-10-25(12-15)18(26)11-14-6-8-22-9-7-14/h1,4-9,15,23H,2-3,10-13H2,(H2,21,24). The molecule has 9 heteroatoms. The number of carbonyl (C=O) groups is 1. The van der Waals surface area contributed by atoms with Gasteiger partial charge in [-0.25, -0.2) is 0 Å². The van der Waals surface area contributed by atoms with E-state index in [-0.39, 0.29) is 17.7 Å². The molecule has 29 heavy (non-hydrogen) atoms. The first kappa shape index (κ1) is 19.5. The summed E-state index contributed by atoms with van der Waals surface area (Å²) in [7, 11) is 0. The van der Waals surface area contributed by atoms with E-state index in [2.05, 4.69) is 14.1 Å². The Kier molecular flexibility index (Phi) is 5.86. The Hall–Kier alpha value is -2.78. The molecule has 0 radical (unpaired) electrons. The predicted octanol–water partition coefficient (Wildman–Crippen LogP) is 1.65. The van der Waals surface area contributed by atoms with Crippen LogP contribution >= 0.6 is 0 Å². The monoisotopic (exact) mass is 413 g/mol. The van der Waals surface area contributed by atoms with Gasteiger partial charge < -0.3 is 19.9 Å². The van der Waals surface area contributed by atoms with Crippen LogP contribution in [0.2, 0.25) is 0 Å². The zero-order valence-electron chi connectivity index (χ0n) is 15.9. The van der Waals surface area contributed by atoms with E-state index in [4.69, 9.17) is 10.5 Å². The number of hydrogen-bond acceptors (Lipinski definition) is 7. The number of rotatable bonds is 5. The fourth-order valence-corrected chi connectivity index (χ4v) is 4.35. The second-order valence-corrected chi connectivity index (χ2v) is 8.08. The van der Waals surface area contributed by atoms with E-state index in [1.54, 1.807) is 18.5 Å². The largest absolute Gasteiger partial charge is 0.566 e. The average molecular weight is 414 g/mol. The smallest absolute Gasteiger partial charge is 0.227 e. The molecule has 1 aromatic carbocycles. The number of ether oxygens (including phenoxy) is 1. The molecule has 0 saturated carbocycles. The molecule has 1 aromatic heterocycles. The minimum absolute atomic E-state index is 0.126. The molecule has 1 amide bonds. The van der Waals surface area contributed by atoms with Crippen LogP contribution in [0.3, 0.4) is 0 Å². The van der Waals surface area contributed by atoms with Crippen molar-refractivity contribution in [3.05, 3.63) is 53.9 Å². The van der Waals surface area contributed by atoms with Gasteiger partial charge in [0.25, 0.3) is 0 Å². The quantitative estimate of drug-likeness (QED) is 0.720. The van der Waals surface area contributed by atoms with E-state index >= 15 is 0 Å². The summed E-state index contributed by atoms with van der Waals surface area (Å²) in [5.41, 5.74) is 8.21. The number of fused-ring (bicyclic) bond motifs is 1. The van der Waals surface area contributed by atoms with Crippen molar-refractivity contribution in [2.75, 3.05) is 24.4 Å². The Labute approximate surface area is 172 Å². The van der Waals surface area contributed by atoms with Gasteiger partial charge >= 0.3 is 0 Å². The summed E-state index contributed by atoms with van der Waals surface area (Å²) in [6, 6.07) is 9.18. The van der Waals surface area contributed by atoms with Crippen molar-refractivity contribution in [2.24, 2.45) is 16.0 Å². The van der Waals surface area contributed by atoms with Crippen LogP contribution in [0.25, 0.3) is 0 Å². The van der Waals surface area contributed by atoms with E-state index in [1.807, 2.05) is 29.2 Å². The maximum atomic E-state index is 12.6. The summed E-state index contributed by atoms with van der Waals surface area (Å²) in [6.07, 6.45) is 5.75. The third-order valence-corrected chi connectivity index (χ3v) is 5.87. The molecule has 1 fully saturated rings. The Bertz CT molecular complexity index is 908. The molecule has 152 valence electrons. The molecule has 2 unspecified atom stereocenters. The molecular weight excluding hydrogens is 390 g/mol. The highest BCUT2D eigenvalue weighted by molar-refractivity contribution is 7.91. The third kappa shape index (κ3) is 4.63. The first-order chi connectivity index (χ1) is 14.1. The number of benzene rings is 1. The first-order valence-corrected chi connectivity index (χ1v) is 10.7. The number of nitrogens with two attached hydrogens (primary N) is 1. The molecule has 0 spiro atoms. The summed E-state index contributed by atoms with van der Waals surface area (Å²) in [4.78, 5) is 18.6. The van der Waals surface area contributed by atoms with Gasteiger partial charge in [-0.15, -0.1) is 0 Å². The van der Waals surface area contributed by atoms with Crippen molar-refractivity contribution < 1.29 is 14.1 Å². The van der Waals surface area contributed by atoms with Crippen LogP contribution in [-0.2, 0) is 22.8 Å². The number of nitrogens with zero attached hydrogens (tertiary/aromatic N) is 3. The van der Waals surface area contributed by atoms with Crippen molar-refractivity contribution in [1.82, 2.24) is 9.88 Å². The van der Waals surface area contributed by atoms with Crippen molar-refractivity contribution in [2.45, 2.75) is 19.3 Å². The van der Waals surface area contributed by atoms with Gasteiger partial charge in [0.15, 0.2) is 5.84 Å². The number of hydrogen-bond donors (Lipinski definition) is 2. The van der Waals surface area contributed by atoms with Gasteiger partial charge in [0.05, 0.1) is 24.3 Å². The second kappa shape index (κ2) is 8.71. The van der Waals surface area contributed by atoms with Crippen LogP contribution in [0.4, 0.5) is 5.69 Å². The lowest BCUT2D eigenvalue weighted by Gasteiger charge is -2.33. The molecule has 3 heterocycles. The van der Waals surface area contributed by atoms with E-state index in [9.17, 15) is 9.35 Å². The first-order valence-electron chi connectivity index (χ1n) is 9.55. The fraction of sp³-hybridized carbons (Fsp3) is 0.350. The molecule has 1 saturated heterocycles. The zero-order chi connectivity index (χ0) is 20.2. The Morgan fingerprint density at radius 1 is 1.34 bits per heavy atom. The molecule has 2 aromatic rings. The molecule has 2 aliphatic rings. The van der Waals surface area contributed by atoms with Crippen molar-refractivity contribution in [1.29, 1.82) is 0 Å². The summed E-state index contributed by atoms with van der Waals surface area (Å²) in [5.74, 6) is 1.17. The molecular formula is C20H23N5O3S. The molecule has 3 N–H and O–H groups in total. The van der Waals surface area contributed by atoms with Gasteiger partial charge in [0.2, 0.25) is 17.5 Å². The molecule has 2 atom stereocenters. The van der Waals surface area contributed by atoms with Crippen molar-refractivity contribution in [3.8, 4) is 5.75 Å². The summed E-state index contributed by atoms with van der Waals surface area (Å²) in [6.45, 7) is 1.92. The highest BCUT2D eigenvalue weighted by Crippen LogP contribution is 2.31. The van der Waals surface area contributed by atoms with Crippen molar-refractivity contribution >= 4 is 29.0 Å². The highest BCUT2D eigenvalue weighted by Gasteiger charge is 2.27. The topological polar surface area (TPSA) is 116 Å². The van der Waals surface area contributed by atoms with Crippen molar-refractivity contribution in [3.63, 3.8) is 0 Å². The Morgan fingerprint density at radius 2 is 2.17 bits per heavy atom. The maximum Gasteiger partial charge on any atom is 0.227 e. The van der Waals surface area contributed by atoms with Gasteiger partial charge in [0.1, 0.15) is 5.75 Å². The molecule has 0 bridgehead atoms. The average Bonchev–Trinajstić information content (AvgIpc) is 2.72. The van der Waals surface area contributed by atoms with Crippen LogP contribution in [-0.4, -0.2) is 45.9 Å². The second-order valence-electron chi connectivity index (χ2n) is 7.20. The van der Waals surface area contributed by atoms with E-state index in [0.29, 0.717) is 36.6 Å². The Balaban J connectivity index is 1.37. The minimum Gasteiger partial charge on any atom is -0.566 e. The lowest BCUT2D eigenvalue weighted by atomic mass is 9.98.